The molecule has 1 heterocycles. The van der Waals surface area contributed by atoms with Crippen LogP contribution in [0.2, 0.25) is 0 Å². The van der Waals surface area contributed by atoms with E-state index in [4.69, 9.17) is 12.2 Å². The van der Waals surface area contributed by atoms with Crippen LogP contribution in [0.1, 0.15) is 18.1 Å². The van der Waals surface area contributed by atoms with Gasteiger partial charge in [0, 0.05) is 5.75 Å². The summed E-state index contributed by atoms with van der Waals surface area (Å²) >= 11 is 6.54. The lowest BCUT2D eigenvalue weighted by Crippen LogP contribution is -2.54. The number of rotatable bonds is 5. The van der Waals surface area contributed by atoms with Crippen molar-refractivity contribution in [1.29, 1.82) is 0 Å². The molecule has 6 heteroatoms. The molecule has 2 aromatic carbocycles. The Hall–Kier alpha value is -1.89. The van der Waals surface area contributed by atoms with Crippen molar-refractivity contribution in [1.82, 2.24) is 10.6 Å². The molecule has 4 nitrogen and oxygen atoms in total. The molecule has 0 spiro atoms. The molecule has 3 N–H and O–H groups in total. The van der Waals surface area contributed by atoms with Gasteiger partial charge in [-0.2, -0.15) is 0 Å². The first-order chi connectivity index (χ1) is 12.0. The number of benzene rings is 2. The molecule has 0 unspecified atom stereocenters. The zero-order valence-corrected chi connectivity index (χ0v) is 15.4. The van der Waals surface area contributed by atoms with Crippen molar-refractivity contribution in [3.63, 3.8) is 0 Å². The summed E-state index contributed by atoms with van der Waals surface area (Å²) < 4.78 is 0.634. The van der Waals surface area contributed by atoms with E-state index in [0.717, 1.165) is 11.1 Å². The van der Waals surface area contributed by atoms with Gasteiger partial charge < -0.3 is 15.7 Å². The highest BCUT2D eigenvalue weighted by Crippen LogP contribution is 2.33. The van der Waals surface area contributed by atoms with Crippen molar-refractivity contribution >= 4 is 34.2 Å². The monoisotopic (exact) mass is 372 g/mol. The van der Waals surface area contributed by atoms with Crippen LogP contribution in [-0.2, 0) is 10.4 Å². The number of carbonyl (C=O) groups excluding carboxylic acids is 1. The van der Waals surface area contributed by atoms with Crippen LogP contribution in [-0.4, -0.2) is 33.2 Å². The number of nitrogens with one attached hydrogen (secondary N) is 2. The van der Waals surface area contributed by atoms with Gasteiger partial charge in [0.05, 0.1) is 6.04 Å². The molecule has 2 atom stereocenters. The Balaban J connectivity index is 1.89. The fraction of sp³-hybridized carbons (Fsp3) is 0.263. The number of hydrogen-bond donors (Lipinski definition) is 3. The topological polar surface area (TPSA) is 61.4 Å². The molecule has 130 valence electrons. The summed E-state index contributed by atoms with van der Waals surface area (Å²) in [6, 6.07) is 17.9. The number of amides is 1. The highest BCUT2D eigenvalue weighted by Gasteiger charge is 2.39. The normalized spacial score (nSPS) is 18.5. The summed E-state index contributed by atoms with van der Waals surface area (Å²) in [7, 11) is 0. The largest absolute Gasteiger partial charge is 0.378 e. The van der Waals surface area contributed by atoms with Gasteiger partial charge in [0.1, 0.15) is 16.0 Å². The maximum Gasteiger partial charge on any atom is 0.243 e. The first kappa shape index (κ1) is 17.9. The maximum absolute atomic E-state index is 12.6. The van der Waals surface area contributed by atoms with E-state index in [0.29, 0.717) is 10.1 Å². The number of thiocarbonyl (C=S) groups is 1. The molecule has 1 saturated heterocycles. The van der Waals surface area contributed by atoms with Crippen LogP contribution in [0.25, 0.3) is 0 Å². The third-order valence-electron chi connectivity index (χ3n) is 4.40. The van der Waals surface area contributed by atoms with E-state index in [9.17, 15) is 9.90 Å². The average Bonchev–Trinajstić information content (AvgIpc) is 3.09. The van der Waals surface area contributed by atoms with Gasteiger partial charge >= 0.3 is 0 Å². The molecule has 0 aliphatic carbocycles. The van der Waals surface area contributed by atoms with E-state index in [1.165, 1.54) is 11.8 Å². The average molecular weight is 373 g/mol. The molecule has 25 heavy (non-hydrogen) atoms. The van der Waals surface area contributed by atoms with Crippen LogP contribution in [0.5, 0.6) is 0 Å². The van der Waals surface area contributed by atoms with Crippen LogP contribution in [0, 0.1) is 0 Å². The SMILES string of the molecule is C[C@H](NC(=O)[C@@H]1CSC(=S)N1)C(O)(c1ccccc1)c1ccccc1. The second-order valence-corrected chi connectivity index (χ2v) is 7.72. The number of thioether (sulfide) groups is 1. The van der Waals surface area contributed by atoms with Crippen LogP contribution in [0.15, 0.2) is 60.7 Å². The predicted molar refractivity (Wildman–Crippen MR) is 105 cm³/mol. The number of hydrogen-bond acceptors (Lipinski definition) is 4. The quantitative estimate of drug-likeness (QED) is 0.704. The fourth-order valence-corrected chi connectivity index (χ4v) is 4.12. The molecule has 1 fully saturated rings. The van der Waals surface area contributed by atoms with Gasteiger partial charge in [0.25, 0.3) is 0 Å². The van der Waals surface area contributed by atoms with Gasteiger partial charge in [-0.05, 0) is 18.1 Å². The number of aliphatic hydroxyl groups is 1. The standard InChI is InChI=1S/C19H20N2O2S2/c1-13(20-17(22)16-12-25-18(24)21-16)19(23,14-8-4-2-5-9-14)15-10-6-3-7-11-15/h2-11,13,16,23H,12H2,1H3,(H,20,22)(H,21,24)/t13-,16-/m0/s1. The summed E-state index contributed by atoms with van der Waals surface area (Å²) in [4.78, 5) is 12.6. The third-order valence-corrected chi connectivity index (χ3v) is 5.75. The molecule has 1 aliphatic rings. The van der Waals surface area contributed by atoms with Crippen molar-refractivity contribution < 1.29 is 9.90 Å². The predicted octanol–water partition coefficient (Wildman–Crippen LogP) is 2.42. The zero-order valence-electron chi connectivity index (χ0n) is 13.8. The lowest BCUT2D eigenvalue weighted by Gasteiger charge is -2.36. The summed E-state index contributed by atoms with van der Waals surface area (Å²) in [6.07, 6.45) is 0. The summed E-state index contributed by atoms with van der Waals surface area (Å²) in [5, 5.41) is 17.5. The van der Waals surface area contributed by atoms with Crippen molar-refractivity contribution in [3.8, 4) is 0 Å². The molecule has 3 rings (SSSR count). The van der Waals surface area contributed by atoms with Crippen LogP contribution in [0.3, 0.4) is 0 Å². The van der Waals surface area contributed by atoms with Crippen LogP contribution >= 0.6 is 24.0 Å². The Morgan fingerprint density at radius 1 is 1.20 bits per heavy atom. The molecule has 0 saturated carbocycles. The lowest BCUT2D eigenvalue weighted by molar-refractivity contribution is -0.124. The minimum Gasteiger partial charge on any atom is -0.378 e. The first-order valence-electron chi connectivity index (χ1n) is 8.09. The summed E-state index contributed by atoms with van der Waals surface area (Å²) in [6.45, 7) is 1.82. The van der Waals surface area contributed by atoms with Gasteiger partial charge in [-0.15, -0.1) is 0 Å². The third kappa shape index (κ3) is 3.71. The van der Waals surface area contributed by atoms with Gasteiger partial charge in [0.15, 0.2) is 0 Å². The minimum atomic E-state index is -1.33. The smallest absolute Gasteiger partial charge is 0.243 e. The molecule has 0 bridgehead atoms. The molecule has 1 amide bonds. The Morgan fingerprint density at radius 3 is 2.16 bits per heavy atom. The Labute approximate surface area is 157 Å². The number of carbonyl (C=O) groups is 1. The van der Waals surface area contributed by atoms with E-state index >= 15 is 0 Å². The molecule has 1 aliphatic heterocycles. The van der Waals surface area contributed by atoms with Crippen molar-refractivity contribution in [2.24, 2.45) is 0 Å². The van der Waals surface area contributed by atoms with Crippen molar-refractivity contribution in [2.45, 2.75) is 24.6 Å². The lowest BCUT2D eigenvalue weighted by atomic mass is 9.80. The zero-order chi connectivity index (χ0) is 17.9. The molecular weight excluding hydrogens is 352 g/mol. The van der Waals surface area contributed by atoms with E-state index in [1.807, 2.05) is 67.6 Å². The van der Waals surface area contributed by atoms with E-state index < -0.39 is 11.6 Å². The highest BCUT2D eigenvalue weighted by molar-refractivity contribution is 8.23. The van der Waals surface area contributed by atoms with E-state index in [1.54, 1.807) is 0 Å². The Kier molecular flexibility index (Phi) is 5.42. The Bertz CT molecular complexity index is 713. The maximum atomic E-state index is 12.6. The van der Waals surface area contributed by atoms with Crippen molar-refractivity contribution in [3.05, 3.63) is 71.8 Å². The summed E-state index contributed by atoms with van der Waals surface area (Å²) in [5.74, 6) is 0.442. The van der Waals surface area contributed by atoms with Gasteiger partial charge in [0.2, 0.25) is 5.91 Å². The van der Waals surface area contributed by atoms with Crippen LogP contribution < -0.4 is 10.6 Å². The first-order valence-corrected chi connectivity index (χ1v) is 9.48. The second kappa shape index (κ2) is 7.56. The Morgan fingerprint density at radius 2 is 1.72 bits per heavy atom. The minimum absolute atomic E-state index is 0.162. The van der Waals surface area contributed by atoms with Gasteiger partial charge in [-0.25, -0.2) is 0 Å². The van der Waals surface area contributed by atoms with E-state index in [-0.39, 0.29) is 11.9 Å². The van der Waals surface area contributed by atoms with Gasteiger partial charge in [-0.1, -0.05) is 84.6 Å². The second-order valence-electron chi connectivity index (χ2n) is 6.02. The van der Waals surface area contributed by atoms with Crippen molar-refractivity contribution in [2.75, 3.05) is 5.75 Å². The molecule has 0 radical (unpaired) electrons. The fourth-order valence-electron chi connectivity index (χ4n) is 3.00. The molecule has 2 aromatic rings. The van der Waals surface area contributed by atoms with Gasteiger partial charge in [-0.3, -0.25) is 4.79 Å². The summed E-state index contributed by atoms with van der Waals surface area (Å²) in [5.41, 5.74) is 0.140. The van der Waals surface area contributed by atoms with Crippen LogP contribution in [0.4, 0.5) is 0 Å². The highest BCUT2D eigenvalue weighted by atomic mass is 32.2. The molecule has 0 aromatic heterocycles. The van der Waals surface area contributed by atoms with E-state index in [2.05, 4.69) is 10.6 Å². The molecular formula is C19H20N2O2S2.